The standard InChI is InChI=1S/C21H20N2O3S/c1-25-17-8-5-9-18(26-2)20(17)21-23(19(24)13-27-21)12-15-11-10-14-6-3-4-7-16(14)22-15/h3-11,21H,12-13H2,1-2H3. The number of pyridine rings is 1. The van der Waals surface area contributed by atoms with Gasteiger partial charge in [-0.25, -0.2) is 0 Å². The van der Waals surface area contributed by atoms with Gasteiger partial charge in [-0.15, -0.1) is 11.8 Å². The van der Waals surface area contributed by atoms with Crippen LogP contribution in [0.5, 0.6) is 11.5 Å². The number of ether oxygens (including phenoxy) is 2. The van der Waals surface area contributed by atoms with E-state index in [4.69, 9.17) is 14.5 Å². The molecule has 138 valence electrons. The summed E-state index contributed by atoms with van der Waals surface area (Å²) in [5.74, 6) is 1.96. The molecule has 5 nitrogen and oxygen atoms in total. The van der Waals surface area contributed by atoms with Crippen molar-refractivity contribution < 1.29 is 14.3 Å². The Bertz CT molecular complexity index is 970. The molecule has 6 heteroatoms. The third kappa shape index (κ3) is 3.32. The first-order chi connectivity index (χ1) is 13.2. The summed E-state index contributed by atoms with van der Waals surface area (Å²) in [5, 5.41) is 0.920. The van der Waals surface area contributed by atoms with Gasteiger partial charge in [0, 0.05) is 5.39 Å². The summed E-state index contributed by atoms with van der Waals surface area (Å²) in [5.41, 5.74) is 2.68. The molecule has 2 heterocycles. The quantitative estimate of drug-likeness (QED) is 0.669. The van der Waals surface area contributed by atoms with Crippen molar-refractivity contribution in [1.29, 1.82) is 0 Å². The summed E-state index contributed by atoms with van der Waals surface area (Å²) in [6, 6.07) is 17.7. The Morgan fingerprint density at radius 2 is 1.78 bits per heavy atom. The van der Waals surface area contributed by atoms with Gasteiger partial charge >= 0.3 is 0 Å². The molecule has 0 spiro atoms. The summed E-state index contributed by atoms with van der Waals surface area (Å²) in [6.45, 7) is 0.447. The number of para-hydroxylation sites is 1. The van der Waals surface area contributed by atoms with Gasteiger partial charge in [0.1, 0.15) is 16.9 Å². The summed E-state index contributed by atoms with van der Waals surface area (Å²) in [4.78, 5) is 19.2. The molecule has 0 N–H and O–H groups in total. The number of amides is 1. The average Bonchev–Trinajstić information content (AvgIpc) is 3.07. The predicted octanol–water partition coefficient (Wildman–Crippen LogP) is 4.03. The lowest BCUT2D eigenvalue weighted by atomic mass is 10.1. The first-order valence-corrected chi connectivity index (χ1v) is 9.73. The average molecular weight is 380 g/mol. The second kappa shape index (κ2) is 7.48. The molecule has 1 aliphatic rings. The van der Waals surface area contributed by atoms with Crippen LogP contribution in [0.1, 0.15) is 16.6 Å². The van der Waals surface area contributed by atoms with Crippen LogP contribution in [-0.4, -0.2) is 35.8 Å². The van der Waals surface area contributed by atoms with Crippen LogP contribution in [0, 0.1) is 0 Å². The maximum atomic E-state index is 12.6. The van der Waals surface area contributed by atoms with Gasteiger partial charge in [0.2, 0.25) is 5.91 Å². The van der Waals surface area contributed by atoms with E-state index in [-0.39, 0.29) is 11.3 Å². The number of carbonyl (C=O) groups excluding carboxylic acids is 1. The van der Waals surface area contributed by atoms with E-state index in [0.29, 0.717) is 12.3 Å². The fraction of sp³-hybridized carbons (Fsp3) is 0.238. The maximum Gasteiger partial charge on any atom is 0.234 e. The van der Waals surface area contributed by atoms with Gasteiger partial charge in [-0.3, -0.25) is 9.78 Å². The van der Waals surface area contributed by atoms with E-state index in [9.17, 15) is 4.79 Å². The molecule has 0 radical (unpaired) electrons. The molecule has 4 rings (SSSR count). The monoisotopic (exact) mass is 380 g/mol. The van der Waals surface area contributed by atoms with Crippen LogP contribution < -0.4 is 9.47 Å². The third-order valence-electron chi connectivity index (χ3n) is 4.67. The first-order valence-electron chi connectivity index (χ1n) is 8.68. The number of carbonyl (C=O) groups is 1. The number of aromatic nitrogens is 1. The molecule has 1 atom stereocenters. The van der Waals surface area contributed by atoms with E-state index in [1.807, 2.05) is 59.5 Å². The van der Waals surface area contributed by atoms with Crippen molar-refractivity contribution in [2.75, 3.05) is 20.0 Å². The van der Waals surface area contributed by atoms with Crippen molar-refractivity contribution in [3.63, 3.8) is 0 Å². The number of hydrogen-bond donors (Lipinski definition) is 0. The van der Waals surface area contributed by atoms with Crippen LogP contribution in [-0.2, 0) is 11.3 Å². The molecule has 27 heavy (non-hydrogen) atoms. The summed E-state index contributed by atoms with van der Waals surface area (Å²) >= 11 is 1.58. The van der Waals surface area contributed by atoms with Crippen LogP contribution in [0.4, 0.5) is 0 Å². The van der Waals surface area contributed by atoms with Crippen LogP contribution in [0.2, 0.25) is 0 Å². The fourth-order valence-electron chi connectivity index (χ4n) is 3.36. The van der Waals surface area contributed by atoms with Crippen LogP contribution in [0.25, 0.3) is 10.9 Å². The van der Waals surface area contributed by atoms with Crippen molar-refractivity contribution >= 4 is 28.6 Å². The summed E-state index contributed by atoms with van der Waals surface area (Å²) in [7, 11) is 3.27. The van der Waals surface area contributed by atoms with Crippen molar-refractivity contribution in [1.82, 2.24) is 9.88 Å². The zero-order valence-corrected chi connectivity index (χ0v) is 16.0. The molecule has 1 aliphatic heterocycles. The highest BCUT2D eigenvalue weighted by Crippen LogP contribution is 2.47. The van der Waals surface area contributed by atoms with Gasteiger partial charge in [0.05, 0.1) is 43.3 Å². The number of fused-ring (bicyclic) bond motifs is 1. The van der Waals surface area contributed by atoms with Gasteiger partial charge in [-0.2, -0.15) is 0 Å². The molecule has 0 saturated carbocycles. The van der Waals surface area contributed by atoms with Gasteiger partial charge in [0.25, 0.3) is 0 Å². The molecular formula is C21H20N2O3S. The lowest BCUT2D eigenvalue weighted by Gasteiger charge is -2.26. The second-order valence-corrected chi connectivity index (χ2v) is 7.33. The molecule has 1 amide bonds. The lowest BCUT2D eigenvalue weighted by molar-refractivity contribution is -0.128. The molecule has 0 aliphatic carbocycles. The number of thioether (sulfide) groups is 1. The Balaban J connectivity index is 1.69. The Hall–Kier alpha value is -2.73. The topological polar surface area (TPSA) is 51.7 Å². The smallest absolute Gasteiger partial charge is 0.234 e. The Labute approximate surface area is 162 Å². The molecule has 0 bridgehead atoms. The minimum atomic E-state index is -0.170. The van der Waals surface area contributed by atoms with E-state index >= 15 is 0 Å². The van der Waals surface area contributed by atoms with E-state index in [1.54, 1.807) is 26.0 Å². The lowest BCUT2D eigenvalue weighted by Crippen LogP contribution is -2.28. The molecule has 2 aromatic carbocycles. The van der Waals surface area contributed by atoms with Crippen LogP contribution in [0.3, 0.4) is 0 Å². The fourth-order valence-corrected chi connectivity index (χ4v) is 4.60. The molecule has 1 unspecified atom stereocenters. The zero-order valence-electron chi connectivity index (χ0n) is 15.2. The number of hydrogen-bond acceptors (Lipinski definition) is 5. The van der Waals surface area contributed by atoms with E-state index in [1.165, 1.54) is 0 Å². The maximum absolute atomic E-state index is 12.6. The second-order valence-electron chi connectivity index (χ2n) is 6.26. The normalized spacial score (nSPS) is 16.7. The minimum absolute atomic E-state index is 0.0907. The number of benzene rings is 2. The van der Waals surface area contributed by atoms with Crippen molar-refractivity contribution in [2.24, 2.45) is 0 Å². The molecular weight excluding hydrogens is 360 g/mol. The minimum Gasteiger partial charge on any atom is -0.496 e. The van der Waals surface area contributed by atoms with E-state index in [0.717, 1.165) is 33.7 Å². The highest BCUT2D eigenvalue weighted by atomic mass is 32.2. The van der Waals surface area contributed by atoms with Gasteiger partial charge in [-0.05, 0) is 24.3 Å². The molecule has 1 saturated heterocycles. The Kier molecular flexibility index (Phi) is 4.90. The molecule has 3 aromatic rings. The van der Waals surface area contributed by atoms with Gasteiger partial charge in [-0.1, -0.05) is 30.3 Å². The van der Waals surface area contributed by atoms with Gasteiger partial charge < -0.3 is 14.4 Å². The van der Waals surface area contributed by atoms with Gasteiger partial charge in [0.15, 0.2) is 0 Å². The highest BCUT2D eigenvalue weighted by molar-refractivity contribution is 8.00. The van der Waals surface area contributed by atoms with Crippen molar-refractivity contribution in [3.05, 3.63) is 65.9 Å². The molecule has 1 aromatic heterocycles. The van der Waals surface area contributed by atoms with E-state index in [2.05, 4.69) is 0 Å². The van der Waals surface area contributed by atoms with E-state index < -0.39 is 0 Å². The Morgan fingerprint density at radius 3 is 2.52 bits per heavy atom. The molecule has 1 fully saturated rings. The SMILES string of the molecule is COc1cccc(OC)c1C1SCC(=O)N1Cc1ccc2ccccc2n1. The first kappa shape index (κ1) is 17.7. The number of rotatable bonds is 5. The third-order valence-corrected chi connectivity index (χ3v) is 5.89. The van der Waals surface area contributed by atoms with Crippen LogP contribution >= 0.6 is 11.8 Å². The number of methoxy groups -OCH3 is 2. The van der Waals surface area contributed by atoms with Crippen molar-refractivity contribution in [3.8, 4) is 11.5 Å². The van der Waals surface area contributed by atoms with Crippen molar-refractivity contribution in [2.45, 2.75) is 11.9 Å². The largest absolute Gasteiger partial charge is 0.496 e. The predicted molar refractivity (Wildman–Crippen MR) is 107 cm³/mol. The summed E-state index contributed by atoms with van der Waals surface area (Å²) in [6.07, 6.45) is 0. The number of nitrogens with zero attached hydrogens (tertiary/aromatic N) is 2. The highest BCUT2D eigenvalue weighted by Gasteiger charge is 2.36. The zero-order chi connectivity index (χ0) is 18.8. The van der Waals surface area contributed by atoms with Crippen LogP contribution in [0.15, 0.2) is 54.6 Å². The summed E-state index contributed by atoms with van der Waals surface area (Å²) < 4.78 is 11.1. The Morgan fingerprint density at radius 1 is 1.04 bits per heavy atom.